The van der Waals surface area contributed by atoms with Crippen LogP contribution in [0.2, 0.25) is 5.02 Å². The summed E-state index contributed by atoms with van der Waals surface area (Å²) in [6.45, 7) is 2.88. The number of Topliss-reactive ketones (excluding diaryl/α,β-unsaturated/α-hetero) is 1. The molecule has 2 aliphatic rings. The maximum atomic E-state index is 13.4. The van der Waals surface area contributed by atoms with Gasteiger partial charge >= 0.3 is 5.97 Å². The van der Waals surface area contributed by atoms with Gasteiger partial charge in [0.1, 0.15) is 0 Å². The van der Waals surface area contributed by atoms with Crippen molar-refractivity contribution in [1.82, 2.24) is 9.78 Å². The van der Waals surface area contributed by atoms with E-state index in [2.05, 4.69) is 33.2 Å². The highest BCUT2D eigenvalue weighted by molar-refractivity contribution is 9.10. The predicted molar refractivity (Wildman–Crippen MR) is 136 cm³/mol. The fraction of sp³-hybridized carbons (Fsp3) is 0.444. The molecule has 7 heteroatoms. The third-order valence-corrected chi connectivity index (χ3v) is 8.11. The molecule has 5 rings (SSSR count). The molecule has 34 heavy (non-hydrogen) atoms. The van der Waals surface area contributed by atoms with Crippen molar-refractivity contribution in [3.8, 4) is 0 Å². The van der Waals surface area contributed by atoms with E-state index in [1.54, 1.807) is 12.3 Å². The van der Waals surface area contributed by atoms with Gasteiger partial charge in [-0.1, -0.05) is 39.7 Å². The Labute approximate surface area is 212 Å². The first-order valence-corrected chi connectivity index (χ1v) is 13.1. The molecule has 0 N–H and O–H groups in total. The van der Waals surface area contributed by atoms with Crippen molar-refractivity contribution in [3.05, 3.63) is 63.2 Å². The second-order valence-electron chi connectivity index (χ2n) is 10.0. The van der Waals surface area contributed by atoms with Gasteiger partial charge in [0, 0.05) is 33.3 Å². The molecule has 0 bridgehead atoms. The number of carbonyl (C=O) groups is 2. The van der Waals surface area contributed by atoms with Crippen LogP contribution < -0.4 is 0 Å². The van der Waals surface area contributed by atoms with E-state index in [4.69, 9.17) is 16.3 Å². The van der Waals surface area contributed by atoms with E-state index in [1.807, 2.05) is 29.8 Å². The summed E-state index contributed by atoms with van der Waals surface area (Å²) in [6, 6.07) is 11.8. The fourth-order valence-corrected chi connectivity index (χ4v) is 6.56. The molecule has 178 valence electrons. The van der Waals surface area contributed by atoms with E-state index in [0.29, 0.717) is 53.8 Å². The number of nitrogens with zero attached hydrogens (tertiary/aromatic N) is 2. The Morgan fingerprint density at radius 2 is 1.79 bits per heavy atom. The summed E-state index contributed by atoms with van der Waals surface area (Å²) in [6.07, 6.45) is 7.15. The van der Waals surface area contributed by atoms with Crippen LogP contribution >= 0.6 is 27.5 Å². The number of ketones is 1. The maximum Gasteiger partial charge on any atom is 0.306 e. The second kappa shape index (κ2) is 9.46. The van der Waals surface area contributed by atoms with Crippen molar-refractivity contribution < 1.29 is 14.3 Å². The largest absolute Gasteiger partial charge is 0.466 e. The number of hydrogen-bond donors (Lipinski definition) is 0. The van der Waals surface area contributed by atoms with Crippen molar-refractivity contribution in [2.45, 2.75) is 52.0 Å². The smallest absolute Gasteiger partial charge is 0.306 e. The number of rotatable bonds is 8. The van der Waals surface area contributed by atoms with Gasteiger partial charge in [-0.2, -0.15) is 5.10 Å². The number of hydrogen-bond acceptors (Lipinski definition) is 4. The van der Waals surface area contributed by atoms with Crippen LogP contribution in [0.25, 0.3) is 10.9 Å². The van der Waals surface area contributed by atoms with Gasteiger partial charge in [0.25, 0.3) is 0 Å². The van der Waals surface area contributed by atoms with Crippen LogP contribution in [-0.4, -0.2) is 28.1 Å². The molecule has 2 fully saturated rings. The van der Waals surface area contributed by atoms with E-state index < -0.39 is 0 Å². The number of benzene rings is 2. The standard InChI is InChI=1S/C27H28BrClN2O3/c1-2-34-25(33)8-19-13-27(14-19)11-18(12-27)7-24(32)23-10-22(29)9-20-15-30-31(26(20)23)16-17-3-5-21(28)6-4-17/h3-6,9-10,15,18-19H,2,7-8,11-14,16H2,1H3. The van der Waals surface area contributed by atoms with Crippen LogP contribution in [-0.2, 0) is 16.1 Å². The Hall–Kier alpha value is -2.18. The van der Waals surface area contributed by atoms with Gasteiger partial charge in [0.15, 0.2) is 5.78 Å². The first kappa shape index (κ1) is 23.6. The van der Waals surface area contributed by atoms with Crippen molar-refractivity contribution in [1.29, 1.82) is 0 Å². The number of carbonyl (C=O) groups excluding carboxylic acids is 2. The van der Waals surface area contributed by atoms with Gasteiger partial charge in [-0.15, -0.1) is 0 Å². The molecular weight excluding hydrogens is 516 g/mol. The summed E-state index contributed by atoms with van der Waals surface area (Å²) < 4.78 is 8.01. The Morgan fingerprint density at radius 1 is 1.12 bits per heavy atom. The van der Waals surface area contributed by atoms with Gasteiger partial charge in [-0.05, 0) is 79.7 Å². The Balaban J connectivity index is 1.25. The summed E-state index contributed by atoms with van der Waals surface area (Å²) in [5.74, 6) is 0.884. The Morgan fingerprint density at radius 3 is 2.47 bits per heavy atom. The minimum Gasteiger partial charge on any atom is -0.466 e. The molecule has 2 saturated carbocycles. The lowest BCUT2D eigenvalue weighted by Crippen LogP contribution is -2.48. The lowest BCUT2D eigenvalue weighted by Gasteiger charge is -2.58. The summed E-state index contributed by atoms with van der Waals surface area (Å²) in [5, 5.41) is 6.01. The van der Waals surface area contributed by atoms with Crippen LogP contribution in [0.3, 0.4) is 0 Å². The van der Waals surface area contributed by atoms with Gasteiger partial charge < -0.3 is 4.74 Å². The monoisotopic (exact) mass is 542 g/mol. The number of halogens is 2. The van der Waals surface area contributed by atoms with E-state index in [9.17, 15) is 9.59 Å². The summed E-state index contributed by atoms with van der Waals surface area (Å²) in [5.41, 5.74) is 2.97. The fourth-order valence-electron chi connectivity index (χ4n) is 6.07. The summed E-state index contributed by atoms with van der Waals surface area (Å²) in [4.78, 5) is 25.1. The van der Waals surface area contributed by atoms with Crippen molar-refractivity contribution in [2.75, 3.05) is 6.61 Å². The average molecular weight is 544 g/mol. The minimum atomic E-state index is -0.0851. The number of fused-ring (bicyclic) bond motifs is 1. The molecule has 0 amide bonds. The minimum absolute atomic E-state index is 0.0851. The highest BCUT2D eigenvalue weighted by atomic mass is 79.9. The first-order valence-electron chi connectivity index (χ1n) is 11.9. The molecular formula is C27H28BrClN2O3. The lowest BCUT2D eigenvalue weighted by molar-refractivity contribution is -0.148. The Bertz CT molecular complexity index is 1220. The Kier molecular flexibility index (Phi) is 6.56. The molecule has 0 aliphatic heterocycles. The maximum absolute atomic E-state index is 13.4. The van der Waals surface area contributed by atoms with Gasteiger partial charge in [-0.3, -0.25) is 14.3 Å². The van der Waals surface area contributed by atoms with Crippen molar-refractivity contribution >= 4 is 50.2 Å². The molecule has 2 aromatic carbocycles. The summed E-state index contributed by atoms with van der Waals surface area (Å²) >= 11 is 9.84. The van der Waals surface area contributed by atoms with Crippen LogP contribution in [0, 0.1) is 17.3 Å². The molecule has 0 radical (unpaired) electrons. The van der Waals surface area contributed by atoms with Crippen LogP contribution in [0.1, 0.15) is 61.4 Å². The quantitative estimate of drug-likeness (QED) is 0.231. The van der Waals surface area contributed by atoms with Crippen LogP contribution in [0.15, 0.2) is 47.1 Å². The molecule has 1 aromatic heterocycles. The molecule has 3 aromatic rings. The molecule has 2 aliphatic carbocycles. The second-order valence-corrected chi connectivity index (χ2v) is 11.4. The number of aromatic nitrogens is 2. The zero-order valence-electron chi connectivity index (χ0n) is 19.2. The van der Waals surface area contributed by atoms with Crippen molar-refractivity contribution in [3.63, 3.8) is 0 Å². The SMILES string of the molecule is CCOC(=O)CC1CC2(C1)CC(CC(=O)c1cc(Cl)cc3cnn(Cc4ccc(Br)cc4)c13)C2. The van der Waals surface area contributed by atoms with Crippen LogP contribution in [0.5, 0.6) is 0 Å². The van der Waals surface area contributed by atoms with Gasteiger partial charge in [0.05, 0.1) is 24.9 Å². The number of esters is 1. The van der Waals surface area contributed by atoms with E-state index in [-0.39, 0.29) is 11.8 Å². The molecule has 5 nitrogen and oxygen atoms in total. The topological polar surface area (TPSA) is 61.2 Å². The molecule has 1 heterocycles. The molecule has 0 saturated heterocycles. The molecule has 0 atom stereocenters. The van der Waals surface area contributed by atoms with Gasteiger partial charge in [0.2, 0.25) is 0 Å². The third kappa shape index (κ3) is 4.80. The lowest BCUT2D eigenvalue weighted by atomic mass is 9.47. The van der Waals surface area contributed by atoms with E-state index >= 15 is 0 Å². The first-order chi connectivity index (χ1) is 16.3. The molecule has 0 unspecified atom stereocenters. The molecule has 1 spiro atoms. The third-order valence-electron chi connectivity index (χ3n) is 7.37. The highest BCUT2D eigenvalue weighted by Crippen LogP contribution is 2.62. The van der Waals surface area contributed by atoms with Crippen LogP contribution in [0.4, 0.5) is 0 Å². The predicted octanol–water partition coefficient (Wildman–Crippen LogP) is 6.83. The highest BCUT2D eigenvalue weighted by Gasteiger charge is 2.53. The van der Waals surface area contributed by atoms with Gasteiger partial charge in [-0.25, -0.2) is 0 Å². The van der Waals surface area contributed by atoms with E-state index in [0.717, 1.165) is 46.6 Å². The zero-order valence-corrected chi connectivity index (χ0v) is 21.6. The normalized spacial score (nSPS) is 23.5. The van der Waals surface area contributed by atoms with Crippen molar-refractivity contribution in [2.24, 2.45) is 17.3 Å². The average Bonchev–Trinajstić information content (AvgIpc) is 3.14. The summed E-state index contributed by atoms with van der Waals surface area (Å²) in [7, 11) is 0. The number of ether oxygens (including phenoxy) is 1. The van der Waals surface area contributed by atoms with E-state index in [1.165, 1.54) is 0 Å². The zero-order chi connectivity index (χ0) is 23.9.